The van der Waals surface area contributed by atoms with E-state index in [-0.39, 0.29) is 22.8 Å². The minimum Gasteiger partial charge on any atom is -0.507 e. The quantitative estimate of drug-likeness (QED) is 0.390. The Labute approximate surface area is 188 Å². The normalized spacial score (nSPS) is 11.3. The molecule has 0 atom stereocenters. The van der Waals surface area contributed by atoms with Crippen molar-refractivity contribution in [3.63, 3.8) is 0 Å². The minimum absolute atomic E-state index is 0.0985. The summed E-state index contributed by atoms with van der Waals surface area (Å²) in [6.07, 6.45) is 0. The average Bonchev–Trinajstić information content (AvgIpc) is 3.21. The zero-order valence-electron chi connectivity index (χ0n) is 16.8. The molecule has 0 aliphatic heterocycles. The van der Waals surface area contributed by atoms with Crippen LogP contribution in [0.2, 0.25) is 0 Å². The largest absolute Gasteiger partial charge is 0.507 e. The number of esters is 1. The topological polar surface area (TPSA) is 115 Å². The van der Waals surface area contributed by atoms with Gasteiger partial charge in [0, 0.05) is 5.69 Å². The maximum atomic E-state index is 12.7. The number of nitrogens with zero attached hydrogens (tertiary/aromatic N) is 1. The summed E-state index contributed by atoms with van der Waals surface area (Å²) in [6.45, 7) is -0.0985. The Morgan fingerprint density at radius 2 is 1.84 bits per heavy atom. The fraction of sp³-hybridized carbons (Fsp3) is 0.0909. The number of para-hydroxylation sites is 1. The van der Waals surface area contributed by atoms with Crippen molar-refractivity contribution in [3.05, 3.63) is 77.3 Å². The van der Waals surface area contributed by atoms with E-state index in [9.17, 15) is 18.3 Å². The maximum Gasteiger partial charge on any atom is 0.342 e. The predicted octanol–water partition coefficient (Wildman–Crippen LogP) is 4.17. The molecule has 2 N–H and O–H groups in total. The van der Waals surface area contributed by atoms with Crippen LogP contribution >= 0.6 is 11.3 Å². The van der Waals surface area contributed by atoms with Crippen molar-refractivity contribution in [3.8, 4) is 11.5 Å². The van der Waals surface area contributed by atoms with Crippen LogP contribution in [0.3, 0.4) is 0 Å². The molecule has 0 unspecified atom stereocenters. The third-order valence-corrected chi connectivity index (χ3v) is 6.89. The fourth-order valence-corrected chi connectivity index (χ4v) is 4.87. The third-order valence-electron chi connectivity index (χ3n) is 4.51. The maximum absolute atomic E-state index is 12.7. The summed E-state index contributed by atoms with van der Waals surface area (Å²) in [7, 11) is -2.50. The van der Waals surface area contributed by atoms with E-state index in [0.29, 0.717) is 16.4 Å². The summed E-state index contributed by atoms with van der Waals surface area (Å²) < 4.78 is 39.2. The summed E-state index contributed by atoms with van der Waals surface area (Å²) in [6, 6.07) is 17.2. The third kappa shape index (κ3) is 4.66. The van der Waals surface area contributed by atoms with Gasteiger partial charge in [0.15, 0.2) is 0 Å². The zero-order chi connectivity index (χ0) is 22.7. The smallest absolute Gasteiger partial charge is 0.342 e. The zero-order valence-corrected chi connectivity index (χ0v) is 18.4. The number of ether oxygens (including phenoxy) is 2. The summed E-state index contributed by atoms with van der Waals surface area (Å²) in [5.41, 5.74) is 0.853. The van der Waals surface area contributed by atoms with Crippen LogP contribution in [0.4, 0.5) is 5.69 Å². The standard InChI is InChI=1S/C22H18N2O6S2/c1-29-15-8-6-14(7-9-15)24-32(27,28)16-10-11-19(25)17(12-16)22(26)30-13-21-23-18-4-2-3-5-20(18)31-21/h2-12,24-25H,13H2,1H3. The van der Waals surface area contributed by atoms with Gasteiger partial charge in [-0.3, -0.25) is 4.72 Å². The minimum atomic E-state index is -4.01. The Kier molecular flexibility index (Phi) is 5.97. The number of phenolic OH excluding ortho intramolecular Hbond substituents is 1. The van der Waals surface area contributed by atoms with Gasteiger partial charge in [-0.05, 0) is 54.6 Å². The second-order valence-electron chi connectivity index (χ2n) is 6.66. The number of aromatic nitrogens is 1. The second kappa shape index (κ2) is 8.85. The summed E-state index contributed by atoms with van der Waals surface area (Å²) in [4.78, 5) is 16.7. The molecular formula is C22H18N2O6S2. The van der Waals surface area contributed by atoms with Crippen LogP contribution in [-0.2, 0) is 21.4 Å². The first kappa shape index (κ1) is 21.6. The molecule has 164 valence electrons. The lowest BCUT2D eigenvalue weighted by Gasteiger charge is -2.11. The lowest BCUT2D eigenvalue weighted by Crippen LogP contribution is -2.14. The van der Waals surface area contributed by atoms with Crippen LogP contribution < -0.4 is 9.46 Å². The number of benzene rings is 3. The van der Waals surface area contributed by atoms with Crippen LogP contribution in [0.15, 0.2) is 71.6 Å². The molecule has 0 amide bonds. The Hall–Kier alpha value is -3.63. The van der Waals surface area contributed by atoms with Gasteiger partial charge in [-0.1, -0.05) is 12.1 Å². The van der Waals surface area contributed by atoms with E-state index >= 15 is 0 Å². The van der Waals surface area contributed by atoms with Crippen LogP contribution in [0, 0.1) is 0 Å². The molecule has 8 nitrogen and oxygen atoms in total. The number of carbonyl (C=O) groups excluding carboxylic acids is 1. The second-order valence-corrected chi connectivity index (χ2v) is 9.46. The van der Waals surface area contributed by atoms with E-state index in [0.717, 1.165) is 22.3 Å². The van der Waals surface area contributed by atoms with E-state index in [4.69, 9.17) is 9.47 Å². The van der Waals surface area contributed by atoms with Gasteiger partial charge in [-0.25, -0.2) is 18.2 Å². The fourth-order valence-electron chi connectivity index (χ4n) is 2.91. The Morgan fingerprint density at radius 3 is 2.56 bits per heavy atom. The number of fused-ring (bicyclic) bond motifs is 1. The molecule has 0 spiro atoms. The van der Waals surface area contributed by atoms with Gasteiger partial charge in [-0.15, -0.1) is 11.3 Å². The van der Waals surface area contributed by atoms with Gasteiger partial charge < -0.3 is 14.6 Å². The van der Waals surface area contributed by atoms with E-state index in [1.54, 1.807) is 24.3 Å². The monoisotopic (exact) mass is 470 g/mol. The van der Waals surface area contributed by atoms with Gasteiger partial charge in [0.2, 0.25) is 0 Å². The molecule has 1 aromatic heterocycles. The number of phenols is 1. The Balaban J connectivity index is 1.51. The van der Waals surface area contributed by atoms with Crippen LogP contribution in [-0.4, -0.2) is 31.6 Å². The van der Waals surface area contributed by atoms with E-state index in [1.807, 2.05) is 24.3 Å². The molecule has 32 heavy (non-hydrogen) atoms. The van der Waals surface area contributed by atoms with Gasteiger partial charge in [0.05, 0.1) is 22.2 Å². The highest BCUT2D eigenvalue weighted by atomic mass is 32.2. The number of sulfonamides is 1. The molecule has 10 heteroatoms. The summed E-state index contributed by atoms with van der Waals surface area (Å²) in [5, 5.41) is 10.7. The summed E-state index contributed by atoms with van der Waals surface area (Å²) in [5.74, 6) is -0.665. The molecule has 0 saturated carbocycles. The Morgan fingerprint density at radius 1 is 1.09 bits per heavy atom. The van der Waals surface area contributed by atoms with Crippen LogP contribution in [0.25, 0.3) is 10.2 Å². The van der Waals surface area contributed by atoms with Gasteiger partial charge >= 0.3 is 5.97 Å². The molecule has 0 radical (unpaired) electrons. The van der Waals surface area contributed by atoms with Crippen molar-refractivity contribution >= 4 is 43.2 Å². The number of nitrogens with one attached hydrogen (secondary N) is 1. The van der Waals surface area contributed by atoms with Crippen LogP contribution in [0.5, 0.6) is 11.5 Å². The number of hydrogen-bond acceptors (Lipinski definition) is 8. The molecular weight excluding hydrogens is 452 g/mol. The highest BCUT2D eigenvalue weighted by molar-refractivity contribution is 7.92. The van der Waals surface area contributed by atoms with Crippen molar-refractivity contribution in [1.82, 2.24) is 4.98 Å². The summed E-state index contributed by atoms with van der Waals surface area (Å²) >= 11 is 1.38. The molecule has 4 aromatic rings. The van der Waals surface area contributed by atoms with Crippen molar-refractivity contribution in [2.24, 2.45) is 0 Å². The molecule has 0 aliphatic rings. The highest BCUT2D eigenvalue weighted by Crippen LogP contribution is 2.26. The van der Waals surface area contributed by atoms with Crippen molar-refractivity contribution in [2.45, 2.75) is 11.5 Å². The van der Waals surface area contributed by atoms with Crippen molar-refractivity contribution in [2.75, 3.05) is 11.8 Å². The number of methoxy groups -OCH3 is 1. The number of aromatic hydroxyl groups is 1. The number of hydrogen-bond donors (Lipinski definition) is 2. The Bertz CT molecular complexity index is 1350. The lowest BCUT2D eigenvalue weighted by molar-refractivity contribution is 0.0469. The molecule has 0 aliphatic carbocycles. The number of carbonyl (C=O) groups is 1. The van der Waals surface area contributed by atoms with Gasteiger partial charge in [0.25, 0.3) is 10.0 Å². The number of rotatable bonds is 7. The predicted molar refractivity (Wildman–Crippen MR) is 121 cm³/mol. The van der Waals surface area contributed by atoms with E-state index in [1.165, 1.54) is 24.5 Å². The first-order valence-electron chi connectivity index (χ1n) is 9.37. The first-order chi connectivity index (χ1) is 15.4. The molecule has 0 saturated heterocycles. The molecule has 3 aromatic carbocycles. The number of anilines is 1. The van der Waals surface area contributed by atoms with Crippen molar-refractivity contribution < 1.29 is 27.8 Å². The molecule has 0 bridgehead atoms. The van der Waals surface area contributed by atoms with Gasteiger partial charge in [-0.2, -0.15) is 0 Å². The number of thiazole rings is 1. The van der Waals surface area contributed by atoms with E-state index < -0.39 is 16.0 Å². The first-order valence-corrected chi connectivity index (χ1v) is 11.7. The molecule has 1 heterocycles. The molecule has 0 fully saturated rings. The SMILES string of the molecule is COc1ccc(NS(=O)(=O)c2ccc(O)c(C(=O)OCc3nc4ccccc4s3)c2)cc1. The molecule has 4 rings (SSSR count). The average molecular weight is 471 g/mol. The van der Waals surface area contributed by atoms with E-state index in [2.05, 4.69) is 9.71 Å². The van der Waals surface area contributed by atoms with Gasteiger partial charge in [0.1, 0.15) is 28.7 Å². The van der Waals surface area contributed by atoms with Crippen molar-refractivity contribution in [1.29, 1.82) is 0 Å². The highest BCUT2D eigenvalue weighted by Gasteiger charge is 2.21. The van der Waals surface area contributed by atoms with Crippen LogP contribution in [0.1, 0.15) is 15.4 Å². The lowest BCUT2D eigenvalue weighted by atomic mass is 10.2.